The summed E-state index contributed by atoms with van der Waals surface area (Å²) in [7, 11) is 0. The summed E-state index contributed by atoms with van der Waals surface area (Å²) in [5.41, 5.74) is -2.10. The van der Waals surface area contributed by atoms with Crippen LogP contribution in [0.3, 0.4) is 0 Å². The summed E-state index contributed by atoms with van der Waals surface area (Å²) in [5, 5.41) is 2.22. The Hall–Kier alpha value is -3.49. The predicted molar refractivity (Wildman–Crippen MR) is 95.6 cm³/mol. The van der Waals surface area contributed by atoms with Crippen molar-refractivity contribution < 1.29 is 26.7 Å². The Morgan fingerprint density at radius 2 is 1.69 bits per heavy atom. The van der Waals surface area contributed by atoms with E-state index in [-0.39, 0.29) is 23.4 Å². The Kier molecular flexibility index (Phi) is 5.49. The second-order valence-corrected chi connectivity index (χ2v) is 6.12. The van der Waals surface area contributed by atoms with Gasteiger partial charge in [-0.15, -0.1) is 0 Å². The lowest BCUT2D eigenvalue weighted by Gasteiger charge is -2.12. The number of pyridine rings is 1. The van der Waals surface area contributed by atoms with Gasteiger partial charge in [0.1, 0.15) is 11.6 Å². The van der Waals surface area contributed by atoms with Gasteiger partial charge < -0.3 is 9.88 Å². The number of anilines is 1. The van der Waals surface area contributed by atoms with Crippen molar-refractivity contribution in [2.24, 2.45) is 0 Å². The number of hydrogen-bond donors (Lipinski definition) is 1. The molecule has 0 radical (unpaired) electrons. The van der Waals surface area contributed by atoms with Crippen LogP contribution >= 0.6 is 0 Å². The quantitative estimate of drug-likeness (QED) is 0.649. The number of nitrogens with one attached hydrogen (secondary N) is 1. The smallest absolute Gasteiger partial charge is 0.322 e. The Labute approximate surface area is 161 Å². The molecule has 1 N–H and O–H groups in total. The number of aromatic nitrogens is 1. The standard InChI is InChI=1S/C20H13F5N2O2/c21-16-4-2-1-3-12(16)10-27-11-13(5-8-18(27)28)19(29)26-14-6-7-17(22)15(9-14)20(23,24)25/h1-9,11H,10H2,(H,26,29). The van der Waals surface area contributed by atoms with Crippen molar-refractivity contribution in [2.45, 2.75) is 12.7 Å². The normalized spacial score (nSPS) is 11.3. The van der Waals surface area contributed by atoms with Gasteiger partial charge in [0.15, 0.2) is 0 Å². The van der Waals surface area contributed by atoms with E-state index in [0.29, 0.717) is 12.1 Å². The summed E-state index contributed by atoms with van der Waals surface area (Å²) in [6.07, 6.45) is -3.75. The van der Waals surface area contributed by atoms with Crippen LogP contribution in [0.4, 0.5) is 27.6 Å². The van der Waals surface area contributed by atoms with Crippen molar-refractivity contribution in [3.05, 3.63) is 99.5 Å². The largest absolute Gasteiger partial charge is 0.419 e. The van der Waals surface area contributed by atoms with Gasteiger partial charge in [0.2, 0.25) is 0 Å². The first-order chi connectivity index (χ1) is 13.6. The number of halogens is 5. The maximum absolute atomic E-state index is 13.8. The average molecular weight is 408 g/mol. The zero-order chi connectivity index (χ0) is 21.2. The van der Waals surface area contributed by atoms with Gasteiger partial charge in [0.25, 0.3) is 11.5 Å². The van der Waals surface area contributed by atoms with E-state index in [2.05, 4.69) is 5.32 Å². The molecule has 29 heavy (non-hydrogen) atoms. The lowest BCUT2D eigenvalue weighted by atomic mass is 10.1. The third-order valence-corrected chi connectivity index (χ3v) is 4.07. The van der Waals surface area contributed by atoms with Gasteiger partial charge in [-0.25, -0.2) is 8.78 Å². The number of carbonyl (C=O) groups is 1. The van der Waals surface area contributed by atoms with Crippen molar-refractivity contribution in [1.29, 1.82) is 0 Å². The highest BCUT2D eigenvalue weighted by atomic mass is 19.4. The number of benzene rings is 2. The number of carbonyl (C=O) groups excluding carboxylic acids is 1. The first-order valence-electron chi connectivity index (χ1n) is 8.27. The summed E-state index contributed by atoms with van der Waals surface area (Å²) in [4.78, 5) is 24.4. The molecule has 4 nitrogen and oxygen atoms in total. The minimum atomic E-state index is -4.92. The molecular formula is C20H13F5N2O2. The number of amides is 1. The summed E-state index contributed by atoms with van der Waals surface area (Å²) < 4.78 is 66.7. The van der Waals surface area contributed by atoms with Crippen molar-refractivity contribution >= 4 is 11.6 Å². The molecule has 2 aromatic carbocycles. The molecule has 1 heterocycles. The highest BCUT2D eigenvalue weighted by Gasteiger charge is 2.34. The molecular weight excluding hydrogens is 395 g/mol. The SMILES string of the molecule is O=C(Nc1ccc(F)c(C(F)(F)F)c1)c1ccc(=O)n(Cc2ccccc2F)c1. The van der Waals surface area contributed by atoms with Gasteiger partial charge in [-0.2, -0.15) is 13.2 Å². The summed E-state index contributed by atoms with van der Waals surface area (Å²) >= 11 is 0. The third kappa shape index (κ3) is 4.68. The maximum Gasteiger partial charge on any atom is 0.419 e. The molecule has 0 bridgehead atoms. The van der Waals surface area contributed by atoms with Gasteiger partial charge in [0.05, 0.1) is 17.7 Å². The van der Waals surface area contributed by atoms with Crippen LogP contribution < -0.4 is 10.9 Å². The first kappa shape index (κ1) is 20.2. The molecule has 1 aromatic heterocycles. The van der Waals surface area contributed by atoms with Crippen molar-refractivity contribution in [1.82, 2.24) is 4.57 Å². The Balaban J connectivity index is 1.85. The van der Waals surface area contributed by atoms with Gasteiger partial charge in [-0.05, 0) is 30.3 Å². The monoisotopic (exact) mass is 408 g/mol. The van der Waals surface area contributed by atoms with E-state index in [0.717, 1.165) is 22.9 Å². The van der Waals surface area contributed by atoms with Crippen LogP contribution in [0.25, 0.3) is 0 Å². The topological polar surface area (TPSA) is 51.1 Å². The average Bonchev–Trinajstić information content (AvgIpc) is 2.66. The van der Waals surface area contributed by atoms with E-state index in [1.165, 1.54) is 24.3 Å². The van der Waals surface area contributed by atoms with Crippen molar-refractivity contribution in [3.8, 4) is 0 Å². The lowest BCUT2D eigenvalue weighted by Crippen LogP contribution is -2.23. The minimum Gasteiger partial charge on any atom is -0.322 e. The molecule has 9 heteroatoms. The molecule has 3 aromatic rings. The lowest BCUT2D eigenvalue weighted by molar-refractivity contribution is -0.139. The molecule has 1 amide bonds. The van der Waals surface area contributed by atoms with Crippen LogP contribution in [-0.4, -0.2) is 10.5 Å². The van der Waals surface area contributed by atoms with E-state index < -0.39 is 34.8 Å². The van der Waals surface area contributed by atoms with Gasteiger partial charge in [0, 0.05) is 23.5 Å². The molecule has 0 aliphatic carbocycles. The molecule has 150 valence electrons. The molecule has 0 atom stereocenters. The number of hydrogen-bond acceptors (Lipinski definition) is 2. The van der Waals surface area contributed by atoms with Crippen LogP contribution in [-0.2, 0) is 12.7 Å². The molecule has 0 saturated carbocycles. The highest BCUT2D eigenvalue weighted by Crippen LogP contribution is 2.33. The van der Waals surface area contributed by atoms with Crippen LogP contribution in [0.15, 0.2) is 65.6 Å². The zero-order valence-corrected chi connectivity index (χ0v) is 14.6. The van der Waals surface area contributed by atoms with E-state index >= 15 is 0 Å². The molecule has 0 saturated heterocycles. The molecule has 3 rings (SSSR count). The minimum absolute atomic E-state index is 0.0428. The predicted octanol–water partition coefficient (Wildman–Crippen LogP) is 4.45. The number of nitrogens with zero attached hydrogens (tertiary/aromatic N) is 1. The fraction of sp³-hybridized carbons (Fsp3) is 0.100. The van der Waals surface area contributed by atoms with Gasteiger partial charge in [-0.3, -0.25) is 9.59 Å². The van der Waals surface area contributed by atoms with Crippen LogP contribution in [0.2, 0.25) is 0 Å². The summed E-state index contributed by atoms with van der Waals surface area (Å²) in [6.45, 7) is -0.138. The van der Waals surface area contributed by atoms with Crippen molar-refractivity contribution in [3.63, 3.8) is 0 Å². The molecule has 0 aliphatic heterocycles. The summed E-state index contributed by atoms with van der Waals surface area (Å²) in [6, 6.07) is 10.1. The fourth-order valence-electron chi connectivity index (χ4n) is 2.62. The molecule has 0 fully saturated rings. The first-order valence-corrected chi connectivity index (χ1v) is 8.27. The van der Waals surface area contributed by atoms with Gasteiger partial charge >= 0.3 is 6.18 Å². The van der Waals surface area contributed by atoms with Crippen molar-refractivity contribution in [2.75, 3.05) is 5.32 Å². The third-order valence-electron chi connectivity index (χ3n) is 4.07. The van der Waals surface area contributed by atoms with Crippen LogP contribution in [0.1, 0.15) is 21.5 Å². The van der Waals surface area contributed by atoms with E-state index in [4.69, 9.17) is 0 Å². The van der Waals surface area contributed by atoms with E-state index in [1.807, 2.05) is 0 Å². The fourth-order valence-corrected chi connectivity index (χ4v) is 2.62. The van der Waals surface area contributed by atoms with Crippen LogP contribution in [0.5, 0.6) is 0 Å². The second kappa shape index (κ2) is 7.86. The zero-order valence-electron chi connectivity index (χ0n) is 14.6. The Bertz CT molecular complexity index is 1120. The van der Waals surface area contributed by atoms with Crippen LogP contribution in [0, 0.1) is 11.6 Å². The highest BCUT2D eigenvalue weighted by molar-refractivity contribution is 6.04. The number of rotatable bonds is 4. The molecule has 0 spiro atoms. The second-order valence-electron chi connectivity index (χ2n) is 6.12. The van der Waals surface area contributed by atoms with Gasteiger partial charge in [-0.1, -0.05) is 18.2 Å². The summed E-state index contributed by atoms with van der Waals surface area (Å²) in [5.74, 6) is -2.80. The van der Waals surface area contributed by atoms with E-state index in [9.17, 15) is 31.5 Å². The van der Waals surface area contributed by atoms with E-state index in [1.54, 1.807) is 6.07 Å². The number of alkyl halides is 3. The molecule has 0 aliphatic rings. The maximum atomic E-state index is 13.8. The molecule has 0 unspecified atom stereocenters. The Morgan fingerprint density at radius 3 is 2.38 bits per heavy atom. The Morgan fingerprint density at radius 1 is 0.966 bits per heavy atom.